The Balaban J connectivity index is 1.50. The summed E-state index contributed by atoms with van der Waals surface area (Å²) >= 11 is 0. The molecular weight excluding hydrogens is 496 g/mol. The second-order valence-corrected chi connectivity index (χ2v) is 10.3. The number of carbonyl (C=O) groups excluding carboxylic acids is 2. The predicted molar refractivity (Wildman–Crippen MR) is 151 cm³/mol. The molecule has 39 heavy (non-hydrogen) atoms. The van der Waals surface area contributed by atoms with Gasteiger partial charge in [0.1, 0.15) is 6.04 Å². The molecule has 0 radical (unpaired) electrons. The summed E-state index contributed by atoms with van der Waals surface area (Å²) in [6.07, 6.45) is 12.6. The summed E-state index contributed by atoms with van der Waals surface area (Å²) in [5.74, 6) is -1.41. The van der Waals surface area contributed by atoms with Gasteiger partial charge in [0.05, 0.1) is 28.7 Å². The monoisotopic (exact) mass is 534 g/mol. The molecule has 2 heterocycles. The summed E-state index contributed by atoms with van der Waals surface area (Å²) in [5, 5.41) is 24.0. The lowest BCUT2D eigenvalue weighted by molar-refractivity contribution is -0.384. The lowest BCUT2D eigenvalue weighted by Crippen LogP contribution is -2.57. The van der Waals surface area contributed by atoms with Gasteiger partial charge < -0.3 is 10.5 Å². The first-order valence-electron chi connectivity index (χ1n) is 14.0. The summed E-state index contributed by atoms with van der Waals surface area (Å²) in [5.41, 5.74) is 4.18. The molecule has 0 unspecified atom stereocenters. The van der Waals surface area contributed by atoms with Gasteiger partial charge in [0.15, 0.2) is 0 Å². The van der Waals surface area contributed by atoms with Crippen molar-refractivity contribution in [2.24, 2.45) is 5.92 Å². The van der Waals surface area contributed by atoms with Gasteiger partial charge in [-0.1, -0.05) is 88.6 Å². The summed E-state index contributed by atoms with van der Waals surface area (Å²) in [6, 6.07) is 13.3. The predicted octanol–water partition coefficient (Wildman–Crippen LogP) is 5.61. The number of aliphatic hydroxyl groups excluding tert-OH is 1. The van der Waals surface area contributed by atoms with Crippen LogP contribution in [0.3, 0.4) is 0 Å². The van der Waals surface area contributed by atoms with Crippen LogP contribution in [0, 0.1) is 16.0 Å². The number of unbranched alkanes of at least 4 members (excludes halogenated alkanes) is 7. The average molecular weight is 535 g/mol. The minimum Gasteiger partial charge on any atom is -0.391 e. The highest BCUT2D eigenvalue weighted by Crippen LogP contribution is 2.36. The molecule has 2 amide bonds. The molecule has 2 aliphatic rings. The lowest BCUT2D eigenvalue weighted by Gasteiger charge is -2.40. The highest BCUT2D eigenvalue weighted by molar-refractivity contribution is 6.24. The van der Waals surface area contributed by atoms with Crippen molar-refractivity contribution in [1.82, 2.24) is 5.01 Å². The normalized spacial score (nSPS) is 21.7. The molecule has 2 aromatic carbocycles. The quantitative estimate of drug-likeness (QED) is 0.106. The minimum absolute atomic E-state index is 0.0504. The van der Waals surface area contributed by atoms with Gasteiger partial charge in [-0.15, -0.1) is 0 Å². The number of fused-ring (bicyclic) bond motifs is 1. The van der Waals surface area contributed by atoms with Crippen LogP contribution in [-0.4, -0.2) is 45.0 Å². The Hall–Kier alpha value is -3.56. The number of amides is 2. The van der Waals surface area contributed by atoms with Gasteiger partial charge in [0.25, 0.3) is 11.6 Å². The van der Waals surface area contributed by atoms with E-state index in [1.54, 1.807) is 53.6 Å². The number of para-hydroxylation sites is 1. The van der Waals surface area contributed by atoms with Crippen molar-refractivity contribution < 1.29 is 19.6 Å². The van der Waals surface area contributed by atoms with Crippen LogP contribution in [-0.2, 0) is 9.59 Å². The van der Waals surface area contributed by atoms with Crippen LogP contribution in [0.1, 0.15) is 64.7 Å². The van der Waals surface area contributed by atoms with Crippen LogP contribution in [0.5, 0.6) is 0 Å². The largest absolute Gasteiger partial charge is 0.391 e. The molecule has 208 valence electrons. The highest BCUT2D eigenvalue weighted by Gasteiger charge is 2.54. The molecule has 9 heteroatoms. The van der Waals surface area contributed by atoms with Crippen molar-refractivity contribution in [2.75, 3.05) is 10.3 Å². The zero-order valence-corrected chi connectivity index (χ0v) is 22.4. The van der Waals surface area contributed by atoms with Crippen molar-refractivity contribution in [1.29, 1.82) is 0 Å². The number of rotatable bonds is 14. The molecular formula is C30H38N4O5. The number of nitrogens with one attached hydrogen (secondary N) is 1. The second-order valence-electron chi connectivity index (χ2n) is 10.3. The first-order chi connectivity index (χ1) is 18.9. The van der Waals surface area contributed by atoms with Crippen molar-refractivity contribution in [3.8, 4) is 0 Å². The van der Waals surface area contributed by atoms with Crippen LogP contribution < -0.4 is 10.3 Å². The van der Waals surface area contributed by atoms with Crippen molar-refractivity contribution in [2.45, 2.75) is 82.9 Å². The molecule has 0 aromatic heterocycles. The molecule has 0 saturated carbocycles. The molecule has 2 aliphatic heterocycles. The van der Waals surface area contributed by atoms with E-state index < -0.39 is 29.0 Å². The third kappa shape index (κ3) is 6.72. The molecule has 0 spiro atoms. The number of benzene rings is 2. The van der Waals surface area contributed by atoms with E-state index >= 15 is 0 Å². The smallest absolute Gasteiger partial charge is 0.269 e. The molecule has 1 fully saturated rings. The molecule has 0 aliphatic carbocycles. The van der Waals surface area contributed by atoms with E-state index in [1.165, 1.54) is 49.1 Å². The van der Waals surface area contributed by atoms with Crippen LogP contribution in [0.4, 0.5) is 17.1 Å². The second kappa shape index (κ2) is 13.5. The number of nitro groups is 1. The fourth-order valence-corrected chi connectivity index (χ4v) is 5.42. The van der Waals surface area contributed by atoms with Gasteiger partial charge in [-0.3, -0.25) is 19.7 Å². The van der Waals surface area contributed by atoms with Gasteiger partial charge in [-0.05, 0) is 30.7 Å². The van der Waals surface area contributed by atoms with Crippen molar-refractivity contribution >= 4 is 28.9 Å². The Morgan fingerprint density at radius 3 is 2.18 bits per heavy atom. The Morgan fingerprint density at radius 1 is 0.897 bits per heavy atom. The van der Waals surface area contributed by atoms with E-state index in [-0.39, 0.29) is 17.5 Å². The minimum atomic E-state index is -0.865. The Labute approximate surface area is 229 Å². The van der Waals surface area contributed by atoms with E-state index in [9.17, 15) is 24.8 Å². The number of carbonyl (C=O) groups is 2. The maximum atomic E-state index is 13.7. The van der Waals surface area contributed by atoms with E-state index in [2.05, 4.69) is 12.3 Å². The Bertz CT molecular complexity index is 1150. The van der Waals surface area contributed by atoms with Crippen LogP contribution in [0.15, 0.2) is 66.7 Å². The fourth-order valence-electron chi connectivity index (χ4n) is 5.42. The van der Waals surface area contributed by atoms with Gasteiger partial charge in [0.2, 0.25) is 5.91 Å². The van der Waals surface area contributed by atoms with Crippen LogP contribution >= 0.6 is 0 Å². The molecule has 4 rings (SSSR count). The SMILES string of the molecule is CCCCCCCCCC[C@H](O)[C@@H]1C=C[C@H]2C(=O)N(c3ccccc3)C(=O)[C@@H]2N1Nc1ccc([N+](=O)[O-])cc1. The number of hydrogen-bond donors (Lipinski definition) is 2. The van der Waals surface area contributed by atoms with E-state index in [1.807, 2.05) is 6.07 Å². The summed E-state index contributed by atoms with van der Waals surface area (Å²) < 4.78 is 0. The van der Waals surface area contributed by atoms with Crippen molar-refractivity contribution in [3.05, 3.63) is 76.9 Å². The summed E-state index contributed by atoms with van der Waals surface area (Å²) in [6.45, 7) is 2.21. The van der Waals surface area contributed by atoms with E-state index in [0.717, 1.165) is 19.3 Å². The standard InChI is InChI=1S/C30H38N4O5/c1-2-3-4-5-6-7-8-12-15-27(35)26-21-20-25-28(30(37)32(29(25)36)23-13-10-9-11-14-23)33(26)31-22-16-18-24(19-17-22)34(38)39/h9-11,13-14,16-21,25-28,31,35H,2-8,12,15H2,1H3/t25-,26+,27+,28-/m1/s1. The highest BCUT2D eigenvalue weighted by atomic mass is 16.6. The van der Waals surface area contributed by atoms with Gasteiger partial charge in [0, 0.05) is 17.8 Å². The zero-order valence-electron chi connectivity index (χ0n) is 22.4. The van der Waals surface area contributed by atoms with Crippen LogP contribution in [0.2, 0.25) is 0 Å². The van der Waals surface area contributed by atoms with E-state index in [0.29, 0.717) is 17.8 Å². The lowest BCUT2D eigenvalue weighted by atomic mass is 9.91. The summed E-state index contributed by atoms with van der Waals surface area (Å²) in [7, 11) is 0. The van der Waals surface area contributed by atoms with Gasteiger partial charge in [-0.2, -0.15) is 0 Å². The van der Waals surface area contributed by atoms with Crippen molar-refractivity contribution in [3.63, 3.8) is 0 Å². The first-order valence-corrected chi connectivity index (χ1v) is 14.0. The average Bonchev–Trinajstić information content (AvgIpc) is 3.20. The molecule has 2 aromatic rings. The third-order valence-electron chi connectivity index (χ3n) is 7.55. The number of nitrogens with zero attached hydrogens (tertiary/aromatic N) is 3. The van der Waals surface area contributed by atoms with Gasteiger partial charge in [-0.25, -0.2) is 9.91 Å². The molecule has 4 atom stereocenters. The molecule has 1 saturated heterocycles. The summed E-state index contributed by atoms with van der Waals surface area (Å²) in [4.78, 5) is 38.9. The molecule has 9 nitrogen and oxygen atoms in total. The third-order valence-corrected chi connectivity index (χ3v) is 7.55. The number of anilines is 2. The zero-order chi connectivity index (χ0) is 27.8. The number of imide groups is 1. The Kier molecular flexibility index (Phi) is 9.84. The fraction of sp³-hybridized carbons (Fsp3) is 0.467. The van der Waals surface area contributed by atoms with Gasteiger partial charge >= 0.3 is 0 Å². The molecule has 0 bridgehead atoms. The maximum Gasteiger partial charge on any atom is 0.269 e. The number of aliphatic hydroxyl groups is 1. The number of hydrogen-bond acceptors (Lipinski definition) is 7. The number of hydrazine groups is 1. The van der Waals surface area contributed by atoms with Crippen LogP contribution in [0.25, 0.3) is 0 Å². The topological polar surface area (TPSA) is 116 Å². The number of nitro benzene ring substituents is 1. The molecule has 2 N–H and O–H groups in total. The first kappa shape index (κ1) is 28.4. The Morgan fingerprint density at radius 2 is 1.54 bits per heavy atom. The number of non-ortho nitro benzene ring substituents is 1. The maximum absolute atomic E-state index is 13.7. The van der Waals surface area contributed by atoms with E-state index in [4.69, 9.17) is 0 Å².